The molecule has 5 rings (SSSR count). The maximum Gasteiger partial charge on any atom is 0.258 e. The molecule has 32 heavy (non-hydrogen) atoms. The van der Waals surface area contributed by atoms with E-state index in [1.165, 1.54) is 12.8 Å². The minimum Gasteiger partial charge on any atom is -0.493 e. The van der Waals surface area contributed by atoms with Crippen LogP contribution in [0.5, 0.6) is 11.5 Å². The van der Waals surface area contributed by atoms with E-state index in [0.717, 1.165) is 40.9 Å². The Hall–Kier alpha value is -3.31. The van der Waals surface area contributed by atoms with E-state index in [-0.39, 0.29) is 5.91 Å². The van der Waals surface area contributed by atoms with E-state index in [9.17, 15) is 4.79 Å². The third-order valence-electron chi connectivity index (χ3n) is 6.37. The number of hydrogen-bond donors (Lipinski definition) is 1. The van der Waals surface area contributed by atoms with E-state index in [2.05, 4.69) is 29.6 Å². The average Bonchev–Trinajstić information content (AvgIpc) is 3.47. The van der Waals surface area contributed by atoms with E-state index in [4.69, 9.17) is 9.47 Å². The quantitative estimate of drug-likeness (QED) is 0.573. The van der Waals surface area contributed by atoms with Crippen molar-refractivity contribution in [1.82, 2.24) is 5.32 Å². The minimum absolute atomic E-state index is 0.0146. The minimum atomic E-state index is 0.0146. The van der Waals surface area contributed by atoms with Crippen LogP contribution in [0.1, 0.15) is 35.2 Å². The second kappa shape index (κ2) is 9.05. The number of ether oxygens (including phenoxy) is 2. The Balaban J connectivity index is 1.32. The lowest BCUT2D eigenvalue weighted by Crippen LogP contribution is -2.24. The van der Waals surface area contributed by atoms with Gasteiger partial charge in [-0.15, -0.1) is 0 Å². The van der Waals surface area contributed by atoms with Crippen LogP contribution < -0.4 is 19.7 Å². The second-order valence-corrected chi connectivity index (χ2v) is 8.39. The molecule has 1 N–H and O–H groups in total. The fourth-order valence-corrected chi connectivity index (χ4v) is 4.58. The smallest absolute Gasteiger partial charge is 0.258 e. The molecule has 1 amide bonds. The first-order valence-corrected chi connectivity index (χ1v) is 11.3. The summed E-state index contributed by atoms with van der Waals surface area (Å²) in [6.07, 6.45) is 3.43. The Kier molecular flexibility index (Phi) is 5.82. The predicted octanol–water partition coefficient (Wildman–Crippen LogP) is 5.04. The van der Waals surface area contributed by atoms with Gasteiger partial charge >= 0.3 is 0 Å². The summed E-state index contributed by atoms with van der Waals surface area (Å²) in [4.78, 5) is 15.0. The number of rotatable bonds is 7. The lowest BCUT2D eigenvalue weighted by Gasteiger charge is -2.19. The molecule has 2 aliphatic rings. The van der Waals surface area contributed by atoms with Crippen LogP contribution in [0, 0.1) is 0 Å². The highest BCUT2D eigenvalue weighted by Gasteiger charge is 2.29. The lowest BCUT2D eigenvalue weighted by molar-refractivity contribution is 0.0996. The Morgan fingerprint density at radius 3 is 2.66 bits per heavy atom. The average molecular weight is 429 g/mol. The van der Waals surface area contributed by atoms with Gasteiger partial charge < -0.3 is 19.7 Å². The van der Waals surface area contributed by atoms with Crippen molar-refractivity contribution in [2.75, 3.05) is 25.2 Å². The highest BCUT2D eigenvalue weighted by atomic mass is 16.5. The molecular formula is C27H28N2O3. The third-order valence-corrected chi connectivity index (χ3v) is 6.37. The molecule has 1 unspecified atom stereocenters. The van der Waals surface area contributed by atoms with Gasteiger partial charge in [-0.25, -0.2) is 0 Å². The number of nitrogens with one attached hydrogen (secondary N) is 1. The van der Waals surface area contributed by atoms with E-state index < -0.39 is 0 Å². The zero-order valence-electron chi connectivity index (χ0n) is 18.3. The molecule has 3 aromatic carbocycles. The summed E-state index contributed by atoms with van der Waals surface area (Å²) in [6.45, 7) is 2.30. The summed E-state index contributed by atoms with van der Waals surface area (Å²) >= 11 is 0. The molecule has 0 radical (unpaired) electrons. The molecule has 0 aliphatic carbocycles. The molecule has 2 aliphatic heterocycles. The number of methoxy groups -OCH3 is 1. The monoisotopic (exact) mass is 428 g/mol. The van der Waals surface area contributed by atoms with Crippen molar-refractivity contribution in [3.63, 3.8) is 0 Å². The van der Waals surface area contributed by atoms with Crippen molar-refractivity contribution < 1.29 is 14.3 Å². The molecule has 0 saturated carbocycles. The molecule has 5 nitrogen and oxygen atoms in total. The highest BCUT2D eigenvalue weighted by molar-refractivity contribution is 6.10. The molecule has 0 aromatic heterocycles. The maximum absolute atomic E-state index is 13.2. The fraction of sp³-hybridized carbons (Fsp3) is 0.296. The van der Waals surface area contributed by atoms with Crippen LogP contribution in [0.4, 0.5) is 5.69 Å². The molecule has 5 heteroatoms. The number of carbonyl (C=O) groups is 1. The molecular weight excluding hydrogens is 400 g/mol. The zero-order chi connectivity index (χ0) is 21.9. The van der Waals surface area contributed by atoms with Crippen molar-refractivity contribution in [1.29, 1.82) is 0 Å². The molecule has 3 aromatic rings. The van der Waals surface area contributed by atoms with Gasteiger partial charge in [-0.3, -0.25) is 4.79 Å². The molecule has 1 atom stereocenters. The van der Waals surface area contributed by atoms with Crippen molar-refractivity contribution in [2.45, 2.75) is 31.8 Å². The van der Waals surface area contributed by atoms with E-state index >= 15 is 0 Å². The first kappa shape index (κ1) is 20.6. The molecule has 1 fully saturated rings. The summed E-state index contributed by atoms with van der Waals surface area (Å²) in [5.74, 6) is 1.38. The Bertz CT molecular complexity index is 1110. The van der Waals surface area contributed by atoms with Gasteiger partial charge in [-0.2, -0.15) is 0 Å². The van der Waals surface area contributed by atoms with Crippen molar-refractivity contribution in [3.8, 4) is 22.6 Å². The number of nitrogens with zero attached hydrogens (tertiary/aromatic N) is 1. The van der Waals surface area contributed by atoms with Crippen molar-refractivity contribution in [2.24, 2.45) is 0 Å². The number of anilines is 1. The van der Waals surface area contributed by atoms with Gasteiger partial charge in [0.2, 0.25) is 0 Å². The van der Waals surface area contributed by atoms with Gasteiger partial charge in [0.15, 0.2) is 11.5 Å². The third kappa shape index (κ3) is 4.08. The van der Waals surface area contributed by atoms with Gasteiger partial charge in [0, 0.05) is 23.4 Å². The number of carbonyl (C=O) groups excluding carboxylic acids is 1. The second-order valence-electron chi connectivity index (χ2n) is 8.39. The summed E-state index contributed by atoms with van der Waals surface area (Å²) < 4.78 is 11.6. The summed E-state index contributed by atoms with van der Waals surface area (Å²) in [5, 5.41) is 3.49. The zero-order valence-corrected chi connectivity index (χ0v) is 18.3. The van der Waals surface area contributed by atoms with Crippen LogP contribution >= 0.6 is 0 Å². The molecule has 1 saturated heterocycles. The number of amides is 1. The van der Waals surface area contributed by atoms with Crippen molar-refractivity contribution in [3.05, 3.63) is 77.9 Å². The van der Waals surface area contributed by atoms with Gasteiger partial charge in [-0.05, 0) is 60.7 Å². The van der Waals surface area contributed by atoms with Gasteiger partial charge in [-0.1, -0.05) is 42.5 Å². The number of benzene rings is 3. The van der Waals surface area contributed by atoms with Gasteiger partial charge in [0.1, 0.15) is 0 Å². The standard InChI is InChI=1S/C27H28N2O3/c1-31-26-17-23(11-12-25(26)32-15-13-22-8-5-14-28-22)29-18-21-10-9-20(16-24(21)27(29)30)19-6-3-2-4-7-19/h2-4,6-7,9-12,16-17,22,28H,5,8,13-15,18H2,1H3. The van der Waals surface area contributed by atoms with Gasteiger partial charge in [0.05, 0.1) is 20.3 Å². The molecule has 0 bridgehead atoms. The van der Waals surface area contributed by atoms with Crippen LogP contribution in [-0.4, -0.2) is 32.2 Å². The van der Waals surface area contributed by atoms with Crippen molar-refractivity contribution >= 4 is 11.6 Å². The topological polar surface area (TPSA) is 50.8 Å². The normalized spacial score (nSPS) is 17.5. The van der Waals surface area contributed by atoms with Crippen LogP contribution in [0.25, 0.3) is 11.1 Å². The largest absolute Gasteiger partial charge is 0.493 e. The Morgan fingerprint density at radius 1 is 1.00 bits per heavy atom. The molecule has 2 heterocycles. The van der Waals surface area contributed by atoms with E-state index in [0.29, 0.717) is 30.7 Å². The Morgan fingerprint density at radius 2 is 1.88 bits per heavy atom. The summed E-state index contributed by atoms with van der Waals surface area (Å²) in [6, 6.07) is 22.6. The molecule has 0 spiro atoms. The SMILES string of the molecule is COc1cc(N2Cc3ccc(-c4ccccc4)cc3C2=O)ccc1OCCC1CCCN1. The Labute approximate surface area is 189 Å². The van der Waals surface area contributed by atoms with Crippen LogP contribution in [0.2, 0.25) is 0 Å². The first-order valence-electron chi connectivity index (χ1n) is 11.3. The van der Waals surface area contributed by atoms with E-state index in [1.54, 1.807) is 12.0 Å². The predicted molar refractivity (Wildman–Crippen MR) is 127 cm³/mol. The number of hydrogen-bond acceptors (Lipinski definition) is 4. The summed E-state index contributed by atoms with van der Waals surface area (Å²) in [5.41, 5.74) is 4.78. The van der Waals surface area contributed by atoms with Crippen LogP contribution in [-0.2, 0) is 6.54 Å². The van der Waals surface area contributed by atoms with E-state index in [1.807, 2.05) is 42.5 Å². The molecule has 164 valence electrons. The van der Waals surface area contributed by atoms with Gasteiger partial charge in [0.25, 0.3) is 5.91 Å². The van der Waals surface area contributed by atoms with Crippen LogP contribution in [0.3, 0.4) is 0 Å². The number of fused-ring (bicyclic) bond motifs is 1. The first-order chi connectivity index (χ1) is 15.7. The summed E-state index contributed by atoms with van der Waals surface area (Å²) in [7, 11) is 1.64. The maximum atomic E-state index is 13.2. The fourth-order valence-electron chi connectivity index (χ4n) is 4.58. The lowest BCUT2D eigenvalue weighted by atomic mass is 10.0. The van der Waals surface area contributed by atoms with Crippen LogP contribution in [0.15, 0.2) is 66.7 Å². The highest BCUT2D eigenvalue weighted by Crippen LogP contribution is 2.36.